The van der Waals surface area contributed by atoms with Crippen LogP contribution in [0.25, 0.3) is 5.69 Å². The summed E-state index contributed by atoms with van der Waals surface area (Å²) in [4.78, 5) is 0. The van der Waals surface area contributed by atoms with Gasteiger partial charge in [-0.2, -0.15) is 5.10 Å². The van der Waals surface area contributed by atoms with Crippen LogP contribution in [-0.4, -0.2) is 37.8 Å². The minimum atomic E-state index is -1.27. The molecule has 2 unspecified atom stereocenters. The van der Waals surface area contributed by atoms with E-state index in [2.05, 4.69) is 5.10 Å². The second-order valence-electron chi connectivity index (χ2n) is 3.89. The monoisotopic (exact) mass is 252 g/mol. The lowest BCUT2D eigenvalue weighted by molar-refractivity contribution is -0.0152. The quantitative estimate of drug-likeness (QED) is 0.736. The number of nitrogens with zero attached hydrogens (tertiary/aromatic N) is 2. The molecule has 2 rings (SSSR count). The molecule has 0 spiro atoms. The van der Waals surface area contributed by atoms with Gasteiger partial charge in [-0.1, -0.05) is 6.07 Å². The van der Waals surface area contributed by atoms with Crippen molar-refractivity contribution in [3.63, 3.8) is 0 Å². The van der Waals surface area contributed by atoms with Gasteiger partial charge in [0.2, 0.25) is 0 Å². The fourth-order valence-electron chi connectivity index (χ4n) is 1.57. The maximum atomic E-state index is 13.0. The summed E-state index contributed by atoms with van der Waals surface area (Å²) < 4.78 is 14.4. The number of halogens is 1. The predicted octanol–water partition coefficient (Wildman–Crippen LogP) is 0.398. The minimum absolute atomic E-state index is 0.348. The molecule has 0 bridgehead atoms. The van der Waals surface area contributed by atoms with Crippen molar-refractivity contribution in [3.8, 4) is 5.69 Å². The van der Waals surface area contributed by atoms with Crippen molar-refractivity contribution in [2.75, 3.05) is 6.61 Å². The number of benzene rings is 1. The lowest BCUT2D eigenvalue weighted by atomic mass is 10.1. The van der Waals surface area contributed by atoms with Crippen molar-refractivity contribution in [1.29, 1.82) is 0 Å². The Bertz CT molecular complexity index is 530. The van der Waals surface area contributed by atoms with Gasteiger partial charge >= 0.3 is 0 Å². The Balaban J connectivity index is 2.25. The van der Waals surface area contributed by atoms with Gasteiger partial charge in [-0.3, -0.25) is 0 Å². The van der Waals surface area contributed by atoms with Gasteiger partial charge in [0.15, 0.2) is 0 Å². The molecule has 0 amide bonds. The summed E-state index contributed by atoms with van der Waals surface area (Å²) in [5, 5.41) is 31.7. The van der Waals surface area contributed by atoms with Gasteiger partial charge in [0.1, 0.15) is 18.0 Å². The van der Waals surface area contributed by atoms with Crippen LogP contribution in [0.15, 0.2) is 36.7 Å². The third kappa shape index (κ3) is 2.56. The van der Waals surface area contributed by atoms with Crippen LogP contribution in [0.5, 0.6) is 0 Å². The van der Waals surface area contributed by atoms with E-state index in [0.717, 1.165) is 0 Å². The number of aromatic nitrogens is 2. The second-order valence-corrected chi connectivity index (χ2v) is 3.89. The molecule has 0 aliphatic heterocycles. The van der Waals surface area contributed by atoms with Crippen LogP contribution in [0, 0.1) is 5.82 Å². The normalized spacial score (nSPS) is 14.4. The van der Waals surface area contributed by atoms with Crippen LogP contribution >= 0.6 is 0 Å². The molecule has 5 nitrogen and oxygen atoms in total. The molecular weight excluding hydrogens is 239 g/mol. The topological polar surface area (TPSA) is 78.5 Å². The number of aliphatic hydroxyl groups is 3. The molecule has 0 radical (unpaired) electrons. The second kappa shape index (κ2) is 5.26. The first-order valence-corrected chi connectivity index (χ1v) is 5.39. The molecular formula is C12H13FN2O3. The molecule has 0 saturated carbocycles. The highest BCUT2D eigenvalue weighted by Gasteiger charge is 2.19. The summed E-state index contributed by atoms with van der Waals surface area (Å²) in [5.41, 5.74) is 0.854. The standard InChI is InChI=1S/C12H13FN2O3/c13-9-2-1-3-10(4-9)15-6-8(5-14-15)12(18)11(17)7-16/h1-6,11-12,16-18H,7H2. The van der Waals surface area contributed by atoms with E-state index < -0.39 is 18.8 Å². The fraction of sp³-hybridized carbons (Fsp3) is 0.250. The summed E-state index contributed by atoms with van der Waals surface area (Å²) in [6.07, 6.45) is 0.333. The van der Waals surface area contributed by atoms with E-state index in [1.54, 1.807) is 12.1 Å². The van der Waals surface area contributed by atoms with Gasteiger partial charge in [0, 0.05) is 11.8 Å². The van der Waals surface area contributed by atoms with Crippen LogP contribution < -0.4 is 0 Å². The molecule has 2 atom stereocenters. The first kappa shape index (κ1) is 12.7. The van der Waals surface area contributed by atoms with Crippen molar-refractivity contribution in [2.24, 2.45) is 0 Å². The van der Waals surface area contributed by atoms with E-state index in [1.165, 1.54) is 29.2 Å². The Morgan fingerprint density at radius 3 is 2.78 bits per heavy atom. The maximum absolute atomic E-state index is 13.0. The fourth-order valence-corrected chi connectivity index (χ4v) is 1.57. The van der Waals surface area contributed by atoms with E-state index in [0.29, 0.717) is 11.3 Å². The summed E-state index contributed by atoms with van der Waals surface area (Å²) in [7, 11) is 0. The zero-order valence-electron chi connectivity index (χ0n) is 9.44. The maximum Gasteiger partial charge on any atom is 0.125 e. The highest BCUT2D eigenvalue weighted by Crippen LogP contribution is 2.18. The Morgan fingerprint density at radius 2 is 2.11 bits per heavy atom. The van der Waals surface area contributed by atoms with Crippen molar-refractivity contribution < 1.29 is 19.7 Å². The van der Waals surface area contributed by atoms with Crippen molar-refractivity contribution in [1.82, 2.24) is 9.78 Å². The van der Waals surface area contributed by atoms with E-state index in [4.69, 9.17) is 5.11 Å². The van der Waals surface area contributed by atoms with Crippen LogP contribution in [0.2, 0.25) is 0 Å². The smallest absolute Gasteiger partial charge is 0.125 e. The lowest BCUT2D eigenvalue weighted by Gasteiger charge is -2.13. The summed E-state index contributed by atoms with van der Waals surface area (Å²) in [6, 6.07) is 5.82. The molecule has 1 aromatic heterocycles. The number of aliphatic hydroxyl groups excluding tert-OH is 3. The number of rotatable bonds is 4. The average molecular weight is 252 g/mol. The van der Waals surface area contributed by atoms with Crippen LogP contribution in [-0.2, 0) is 0 Å². The van der Waals surface area contributed by atoms with Crippen LogP contribution in [0.4, 0.5) is 4.39 Å². The molecule has 0 aliphatic rings. The van der Waals surface area contributed by atoms with E-state index in [1.807, 2.05) is 0 Å². The van der Waals surface area contributed by atoms with Gasteiger partial charge in [-0.15, -0.1) is 0 Å². The third-order valence-electron chi connectivity index (χ3n) is 2.57. The van der Waals surface area contributed by atoms with E-state index in [9.17, 15) is 14.6 Å². The van der Waals surface area contributed by atoms with Gasteiger partial charge < -0.3 is 15.3 Å². The molecule has 96 valence electrons. The van der Waals surface area contributed by atoms with Crippen LogP contribution in [0.3, 0.4) is 0 Å². The van der Waals surface area contributed by atoms with E-state index in [-0.39, 0.29) is 5.82 Å². The molecule has 2 aromatic rings. The largest absolute Gasteiger partial charge is 0.394 e. The summed E-state index contributed by atoms with van der Waals surface area (Å²) in [5.74, 6) is -0.388. The predicted molar refractivity (Wildman–Crippen MR) is 61.6 cm³/mol. The van der Waals surface area contributed by atoms with E-state index >= 15 is 0 Å². The molecule has 3 N–H and O–H groups in total. The average Bonchev–Trinajstić information content (AvgIpc) is 2.86. The van der Waals surface area contributed by atoms with Crippen molar-refractivity contribution >= 4 is 0 Å². The highest BCUT2D eigenvalue weighted by atomic mass is 19.1. The van der Waals surface area contributed by atoms with Crippen molar-refractivity contribution in [2.45, 2.75) is 12.2 Å². The van der Waals surface area contributed by atoms with Gasteiger partial charge in [-0.25, -0.2) is 9.07 Å². The highest BCUT2D eigenvalue weighted by molar-refractivity contribution is 5.32. The van der Waals surface area contributed by atoms with Crippen LogP contribution in [0.1, 0.15) is 11.7 Å². The first-order valence-electron chi connectivity index (χ1n) is 5.39. The minimum Gasteiger partial charge on any atom is -0.394 e. The molecule has 1 heterocycles. The number of hydrogen-bond donors (Lipinski definition) is 3. The third-order valence-corrected chi connectivity index (χ3v) is 2.57. The Hall–Kier alpha value is -1.76. The van der Waals surface area contributed by atoms with Gasteiger partial charge in [0.25, 0.3) is 0 Å². The zero-order valence-corrected chi connectivity index (χ0v) is 9.44. The van der Waals surface area contributed by atoms with Crippen molar-refractivity contribution in [3.05, 3.63) is 48.0 Å². The first-order chi connectivity index (χ1) is 8.61. The Labute approximate surface area is 103 Å². The molecule has 0 aliphatic carbocycles. The summed E-state index contributed by atoms with van der Waals surface area (Å²) in [6.45, 7) is -0.549. The Kier molecular flexibility index (Phi) is 3.71. The number of hydrogen-bond acceptors (Lipinski definition) is 4. The molecule has 0 saturated heterocycles. The van der Waals surface area contributed by atoms with Gasteiger partial charge in [0.05, 0.1) is 18.5 Å². The SMILES string of the molecule is OCC(O)C(O)c1cnn(-c2cccc(F)c2)c1. The molecule has 6 heteroatoms. The van der Waals surface area contributed by atoms with Gasteiger partial charge in [-0.05, 0) is 18.2 Å². The zero-order chi connectivity index (χ0) is 13.1. The molecule has 18 heavy (non-hydrogen) atoms. The molecule has 0 fully saturated rings. The molecule has 1 aromatic carbocycles. The lowest BCUT2D eigenvalue weighted by Crippen LogP contribution is -2.21. The Morgan fingerprint density at radius 1 is 1.33 bits per heavy atom. The summed E-state index contributed by atoms with van der Waals surface area (Å²) >= 11 is 0.